The largest absolute Gasteiger partial charge is 0.0970 e. The van der Waals surface area contributed by atoms with Crippen LogP contribution in [-0.4, -0.2) is 26.0 Å². The molecule has 3 rings (SSSR count). The Morgan fingerprint density at radius 3 is 1.29 bits per heavy atom. The van der Waals surface area contributed by atoms with Crippen molar-refractivity contribution in [2.24, 2.45) is 0 Å². The van der Waals surface area contributed by atoms with Crippen molar-refractivity contribution in [2.75, 3.05) is 0 Å². The lowest BCUT2D eigenvalue weighted by molar-refractivity contribution is 0.700. The molecule has 0 aliphatic carbocycles. The third kappa shape index (κ3) is 5.89. The highest BCUT2D eigenvalue weighted by Crippen LogP contribution is 2.67. The van der Waals surface area contributed by atoms with Crippen LogP contribution in [0.1, 0.15) is 74.9 Å². The summed E-state index contributed by atoms with van der Waals surface area (Å²) < 4.78 is 0. The molecule has 34 heavy (non-hydrogen) atoms. The number of benzene rings is 3. The van der Waals surface area contributed by atoms with Crippen molar-refractivity contribution in [2.45, 2.75) is 76.8 Å². The third-order valence-electron chi connectivity index (χ3n) is 6.39. The van der Waals surface area contributed by atoms with E-state index in [0.29, 0.717) is 0 Å². The summed E-state index contributed by atoms with van der Waals surface area (Å²) in [5, 5.41) is 2.94. The first-order chi connectivity index (χ1) is 15.8. The van der Waals surface area contributed by atoms with Gasteiger partial charge in [-0.25, -0.2) is 0 Å². The molecule has 0 heterocycles. The minimum Gasteiger partial charge on any atom is -0.0970 e. The van der Waals surface area contributed by atoms with Crippen LogP contribution in [-0.2, 0) is 0 Å². The van der Waals surface area contributed by atoms with Gasteiger partial charge in [0.25, 0.3) is 0 Å². The summed E-state index contributed by atoms with van der Waals surface area (Å²) >= 11 is 0. The number of aryl methyl sites for hydroxylation is 2. The van der Waals surface area contributed by atoms with Gasteiger partial charge in [0.05, 0.1) is 15.7 Å². The van der Waals surface area contributed by atoms with Gasteiger partial charge in [0.2, 0.25) is 0 Å². The van der Waals surface area contributed by atoms with Crippen molar-refractivity contribution in [3.8, 4) is 0 Å². The lowest BCUT2D eigenvalue weighted by atomic mass is 9.85. The van der Waals surface area contributed by atoms with E-state index >= 15 is 0 Å². The molecular formula is C30H38B2P2. The minimum atomic E-state index is -0.817. The Labute approximate surface area is 213 Å². The van der Waals surface area contributed by atoms with Gasteiger partial charge in [-0.15, -0.1) is 0 Å². The Kier molecular flexibility index (Phi) is 8.59. The first-order valence-electron chi connectivity index (χ1n) is 12.1. The lowest BCUT2D eigenvalue weighted by Gasteiger charge is -2.47. The molecule has 0 aliphatic heterocycles. The maximum atomic E-state index is 7.28. The summed E-state index contributed by atoms with van der Waals surface area (Å²) in [5.74, 6) is 0. The Morgan fingerprint density at radius 2 is 0.912 bits per heavy atom. The van der Waals surface area contributed by atoms with Crippen LogP contribution >= 0.6 is 15.8 Å². The molecule has 0 spiro atoms. The van der Waals surface area contributed by atoms with Gasteiger partial charge in [-0.2, -0.15) is 0 Å². The van der Waals surface area contributed by atoms with Crippen LogP contribution in [0.2, 0.25) is 0 Å². The van der Waals surface area contributed by atoms with E-state index < -0.39 is 15.8 Å². The molecule has 0 N–H and O–H groups in total. The summed E-state index contributed by atoms with van der Waals surface area (Å²) in [6.07, 6.45) is 0. The Hall–Kier alpha value is -1.35. The standard InChI is InChI=1S/C30H38B2P2/c1-21-15-9-13-19-25(21)33(26-20-14-10-16-22(26)2)27(31)23-17-11-12-18-24(23)28(32)34(29(3,4)5)30(6,7)8/h9-20,27-28H,1-8H3. The molecule has 2 atom stereocenters. The topological polar surface area (TPSA) is 0 Å². The predicted molar refractivity (Wildman–Crippen MR) is 158 cm³/mol. The van der Waals surface area contributed by atoms with E-state index in [0.717, 1.165) is 0 Å². The van der Waals surface area contributed by atoms with E-state index in [-0.39, 0.29) is 21.4 Å². The maximum Gasteiger partial charge on any atom is 0.0836 e. The molecule has 174 valence electrons. The average molecular weight is 482 g/mol. The SMILES string of the molecule is [B]C(c1ccccc1C([B])P(C(C)(C)C)C(C)(C)C)P(c1ccccc1C)c1ccccc1C. The molecule has 4 radical (unpaired) electrons. The summed E-state index contributed by atoms with van der Waals surface area (Å²) in [4.78, 5) is 0. The van der Waals surface area contributed by atoms with Gasteiger partial charge in [-0.1, -0.05) is 122 Å². The Morgan fingerprint density at radius 1 is 0.559 bits per heavy atom. The first-order valence-corrected chi connectivity index (χ1v) is 15.0. The third-order valence-corrected chi connectivity index (χ3v) is 13.0. The van der Waals surface area contributed by atoms with E-state index in [9.17, 15) is 0 Å². The number of hydrogen-bond donors (Lipinski definition) is 0. The zero-order chi connectivity index (χ0) is 25.3. The van der Waals surface area contributed by atoms with Gasteiger partial charge in [-0.05, 0) is 76.1 Å². The highest BCUT2D eigenvalue weighted by Gasteiger charge is 2.39. The minimum absolute atomic E-state index is 0.0390. The van der Waals surface area contributed by atoms with Crippen molar-refractivity contribution in [1.82, 2.24) is 0 Å². The second-order valence-corrected chi connectivity index (χ2v) is 17.4. The van der Waals surface area contributed by atoms with Gasteiger partial charge in [0.1, 0.15) is 0 Å². The zero-order valence-corrected chi connectivity index (χ0v) is 23.9. The molecule has 3 aromatic carbocycles. The van der Waals surface area contributed by atoms with Crippen LogP contribution < -0.4 is 10.6 Å². The van der Waals surface area contributed by atoms with Crippen LogP contribution in [0.4, 0.5) is 0 Å². The van der Waals surface area contributed by atoms with Crippen molar-refractivity contribution < 1.29 is 0 Å². The summed E-state index contributed by atoms with van der Waals surface area (Å²) in [6, 6.07) is 26.1. The second kappa shape index (κ2) is 10.7. The molecule has 0 amide bonds. The molecule has 0 aromatic heterocycles. The van der Waals surface area contributed by atoms with E-state index in [2.05, 4.69) is 128 Å². The molecule has 0 saturated carbocycles. The molecule has 0 aliphatic rings. The van der Waals surface area contributed by atoms with Gasteiger partial charge < -0.3 is 0 Å². The van der Waals surface area contributed by atoms with E-state index in [1.165, 1.54) is 32.9 Å². The highest BCUT2D eigenvalue weighted by molar-refractivity contribution is 7.74. The average Bonchev–Trinajstić information content (AvgIpc) is 2.74. The van der Waals surface area contributed by atoms with Crippen LogP contribution in [0.3, 0.4) is 0 Å². The fourth-order valence-electron chi connectivity index (χ4n) is 5.27. The van der Waals surface area contributed by atoms with Crippen LogP contribution in [0.25, 0.3) is 0 Å². The van der Waals surface area contributed by atoms with Gasteiger partial charge in [0.15, 0.2) is 0 Å². The van der Waals surface area contributed by atoms with E-state index in [1.54, 1.807) is 0 Å². The van der Waals surface area contributed by atoms with Crippen LogP contribution in [0.5, 0.6) is 0 Å². The summed E-state index contributed by atoms with van der Waals surface area (Å²) in [5.41, 5.74) is 4.80. The second-order valence-electron chi connectivity index (χ2n) is 11.2. The quantitative estimate of drug-likeness (QED) is 0.248. The molecule has 0 nitrogen and oxygen atoms in total. The van der Waals surface area contributed by atoms with Gasteiger partial charge >= 0.3 is 0 Å². The maximum absolute atomic E-state index is 7.28. The zero-order valence-electron chi connectivity index (χ0n) is 22.1. The van der Waals surface area contributed by atoms with Crippen molar-refractivity contribution in [3.05, 3.63) is 95.1 Å². The van der Waals surface area contributed by atoms with Gasteiger partial charge in [-0.3, -0.25) is 0 Å². The van der Waals surface area contributed by atoms with Crippen LogP contribution in [0.15, 0.2) is 72.8 Å². The van der Waals surface area contributed by atoms with Crippen molar-refractivity contribution in [3.63, 3.8) is 0 Å². The predicted octanol–water partition coefficient (Wildman–Crippen LogP) is 7.85. The summed E-state index contributed by atoms with van der Waals surface area (Å²) in [7, 11) is 13.1. The van der Waals surface area contributed by atoms with Crippen molar-refractivity contribution in [1.29, 1.82) is 0 Å². The smallest absolute Gasteiger partial charge is 0.0836 e. The molecular weight excluding hydrogens is 444 g/mol. The molecule has 0 saturated heterocycles. The Bertz CT molecular complexity index is 1050. The van der Waals surface area contributed by atoms with Gasteiger partial charge in [0, 0.05) is 0 Å². The summed E-state index contributed by atoms with van der Waals surface area (Å²) in [6.45, 7) is 18.4. The number of hydrogen-bond acceptors (Lipinski definition) is 0. The molecule has 0 fully saturated rings. The van der Waals surface area contributed by atoms with E-state index in [1.807, 2.05) is 0 Å². The normalized spacial score (nSPS) is 14.4. The first kappa shape index (κ1) is 27.2. The van der Waals surface area contributed by atoms with E-state index in [4.69, 9.17) is 15.7 Å². The fourth-order valence-corrected chi connectivity index (χ4v) is 12.2. The highest BCUT2D eigenvalue weighted by atomic mass is 31.1. The molecule has 4 heteroatoms. The Balaban J connectivity index is 2.19. The molecule has 3 aromatic rings. The van der Waals surface area contributed by atoms with Crippen LogP contribution in [0, 0.1) is 13.8 Å². The van der Waals surface area contributed by atoms with Crippen molar-refractivity contribution >= 4 is 42.1 Å². The lowest BCUT2D eigenvalue weighted by Crippen LogP contribution is -2.29. The molecule has 0 bridgehead atoms. The molecule has 2 unspecified atom stereocenters. The number of rotatable bonds is 6. The fraction of sp³-hybridized carbons (Fsp3) is 0.400. The monoisotopic (exact) mass is 482 g/mol.